The van der Waals surface area contributed by atoms with Gasteiger partial charge < -0.3 is 5.32 Å². The number of nitro groups is 1. The van der Waals surface area contributed by atoms with Crippen LogP contribution >= 0.6 is 11.3 Å². The molecule has 7 heteroatoms. The molecule has 1 amide bonds. The molecule has 1 N–H and O–H groups in total. The van der Waals surface area contributed by atoms with Crippen molar-refractivity contribution in [2.24, 2.45) is 0 Å². The van der Waals surface area contributed by atoms with E-state index in [-0.39, 0.29) is 17.2 Å². The van der Waals surface area contributed by atoms with E-state index >= 15 is 0 Å². The first-order chi connectivity index (χ1) is 14.5. The highest BCUT2D eigenvalue weighted by Gasteiger charge is 2.18. The molecule has 0 aliphatic heterocycles. The number of nitrogens with zero attached hydrogens (tertiary/aromatic N) is 2. The maximum atomic E-state index is 12.6. The quantitative estimate of drug-likeness (QED) is 0.323. The minimum atomic E-state index is -0.488. The molecule has 0 aliphatic rings. The molecule has 0 atom stereocenters. The lowest BCUT2D eigenvalue weighted by atomic mass is 10.1. The standard InChI is InChI=1S/C23H17N3O3S/c1-15-19(8-5-9-21(15)26(28)29)22(27)24-18-12-10-16(11-13-18)20-14-30-23(25-20)17-6-3-2-4-7-17/h2-14H,1H3,(H,24,27). The number of hydrogen-bond donors (Lipinski definition) is 1. The van der Waals surface area contributed by atoms with Crippen molar-refractivity contribution in [3.05, 3.63) is 99.4 Å². The van der Waals surface area contributed by atoms with E-state index in [2.05, 4.69) is 5.32 Å². The Morgan fingerprint density at radius 2 is 1.70 bits per heavy atom. The fraction of sp³-hybridized carbons (Fsp3) is 0.0435. The monoisotopic (exact) mass is 415 g/mol. The Hall–Kier alpha value is -3.84. The van der Waals surface area contributed by atoms with Crippen LogP contribution in [0.5, 0.6) is 0 Å². The van der Waals surface area contributed by atoms with Gasteiger partial charge in [0.25, 0.3) is 11.6 Å². The second-order valence-electron chi connectivity index (χ2n) is 6.64. The molecular weight excluding hydrogens is 398 g/mol. The number of hydrogen-bond acceptors (Lipinski definition) is 5. The molecule has 4 rings (SSSR count). The summed E-state index contributed by atoms with van der Waals surface area (Å²) >= 11 is 1.58. The minimum Gasteiger partial charge on any atom is -0.322 e. The van der Waals surface area contributed by atoms with Gasteiger partial charge in [0, 0.05) is 39.4 Å². The van der Waals surface area contributed by atoms with Gasteiger partial charge in [0.1, 0.15) is 5.01 Å². The average molecular weight is 415 g/mol. The first-order valence-corrected chi connectivity index (χ1v) is 10.1. The van der Waals surface area contributed by atoms with E-state index in [9.17, 15) is 14.9 Å². The first kappa shape index (κ1) is 19.5. The molecule has 148 valence electrons. The number of benzene rings is 3. The lowest BCUT2D eigenvalue weighted by Gasteiger charge is -2.08. The van der Waals surface area contributed by atoms with Crippen LogP contribution in [0, 0.1) is 17.0 Å². The summed E-state index contributed by atoms with van der Waals surface area (Å²) in [5.74, 6) is -0.385. The van der Waals surface area contributed by atoms with Crippen LogP contribution in [0.25, 0.3) is 21.8 Å². The average Bonchev–Trinajstić information content (AvgIpc) is 3.25. The van der Waals surface area contributed by atoms with Crippen molar-refractivity contribution in [3.8, 4) is 21.8 Å². The van der Waals surface area contributed by atoms with Gasteiger partial charge in [0.15, 0.2) is 0 Å². The van der Waals surface area contributed by atoms with Crippen LogP contribution in [0.3, 0.4) is 0 Å². The maximum absolute atomic E-state index is 12.6. The highest BCUT2D eigenvalue weighted by atomic mass is 32.1. The van der Waals surface area contributed by atoms with Crippen molar-refractivity contribution < 1.29 is 9.72 Å². The second-order valence-corrected chi connectivity index (χ2v) is 7.50. The van der Waals surface area contributed by atoms with Gasteiger partial charge in [-0.1, -0.05) is 48.5 Å². The Kier molecular flexibility index (Phi) is 5.36. The molecule has 0 saturated carbocycles. The number of aromatic nitrogens is 1. The minimum absolute atomic E-state index is 0.0734. The topological polar surface area (TPSA) is 85.1 Å². The fourth-order valence-electron chi connectivity index (χ4n) is 3.11. The van der Waals surface area contributed by atoms with Gasteiger partial charge in [-0.2, -0.15) is 0 Å². The summed E-state index contributed by atoms with van der Waals surface area (Å²) in [7, 11) is 0. The highest BCUT2D eigenvalue weighted by Crippen LogP contribution is 2.29. The summed E-state index contributed by atoms with van der Waals surface area (Å²) in [5.41, 5.74) is 4.03. The number of carbonyl (C=O) groups is 1. The van der Waals surface area contributed by atoms with E-state index in [0.717, 1.165) is 21.8 Å². The van der Waals surface area contributed by atoms with Crippen molar-refractivity contribution in [2.75, 3.05) is 5.32 Å². The Bertz CT molecular complexity index is 1220. The lowest BCUT2D eigenvalue weighted by molar-refractivity contribution is -0.385. The van der Waals surface area contributed by atoms with Gasteiger partial charge in [-0.25, -0.2) is 4.98 Å². The van der Waals surface area contributed by atoms with Gasteiger partial charge in [0.2, 0.25) is 0 Å². The molecule has 4 aromatic rings. The van der Waals surface area contributed by atoms with Crippen molar-refractivity contribution in [3.63, 3.8) is 0 Å². The smallest absolute Gasteiger partial charge is 0.273 e. The van der Waals surface area contributed by atoms with Gasteiger partial charge >= 0.3 is 0 Å². The number of anilines is 1. The van der Waals surface area contributed by atoms with Crippen molar-refractivity contribution in [1.82, 2.24) is 4.98 Å². The summed E-state index contributed by atoms with van der Waals surface area (Å²) in [6.45, 7) is 1.57. The molecule has 0 saturated heterocycles. The Labute approximate surface area is 177 Å². The molecule has 6 nitrogen and oxygen atoms in total. The molecule has 1 aromatic heterocycles. The van der Waals surface area contributed by atoms with E-state index in [4.69, 9.17) is 4.98 Å². The Morgan fingerprint density at radius 1 is 0.967 bits per heavy atom. The number of nitro benzene ring substituents is 1. The summed E-state index contributed by atoms with van der Waals surface area (Å²) < 4.78 is 0. The lowest BCUT2D eigenvalue weighted by Crippen LogP contribution is -2.14. The second kappa shape index (κ2) is 8.26. The molecule has 3 aromatic carbocycles. The summed E-state index contributed by atoms with van der Waals surface area (Å²) in [6, 6.07) is 21.8. The number of nitrogens with one attached hydrogen (secondary N) is 1. The normalized spacial score (nSPS) is 10.6. The predicted octanol–water partition coefficient (Wildman–Crippen LogP) is 5.95. The van der Waals surface area contributed by atoms with Gasteiger partial charge in [0.05, 0.1) is 10.6 Å². The molecule has 30 heavy (non-hydrogen) atoms. The van der Waals surface area contributed by atoms with Crippen LogP contribution in [-0.2, 0) is 0 Å². The molecule has 0 unspecified atom stereocenters. The van der Waals surface area contributed by atoms with Crippen molar-refractivity contribution in [1.29, 1.82) is 0 Å². The van der Waals surface area contributed by atoms with Crippen molar-refractivity contribution in [2.45, 2.75) is 6.92 Å². The molecule has 0 fully saturated rings. The molecule has 0 spiro atoms. The summed E-state index contributed by atoms with van der Waals surface area (Å²) in [4.78, 5) is 27.9. The first-order valence-electron chi connectivity index (χ1n) is 9.19. The zero-order valence-electron chi connectivity index (χ0n) is 16.0. The SMILES string of the molecule is Cc1c(C(=O)Nc2ccc(-c3csc(-c4ccccc4)n3)cc2)cccc1[N+](=O)[O-]. The van der Waals surface area contributed by atoms with Crippen molar-refractivity contribution >= 4 is 28.6 Å². The summed E-state index contributed by atoms with van der Waals surface area (Å²) in [5, 5.41) is 16.8. The van der Waals surface area contributed by atoms with Gasteiger partial charge in [-0.15, -0.1) is 11.3 Å². The largest absolute Gasteiger partial charge is 0.322 e. The summed E-state index contributed by atoms with van der Waals surface area (Å²) in [6.07, 6.45) is 0. The Morgan fingerprint density at radius 3 is 2.40 bits per heavy atom. The Balaban J connectivity index is 1.51. The van der Waals surface area contributed by atoms with Crippen LogP contribution in [0.15, 0.2) is 78.2 Å². The molecule has 0 aliphatic carbocycles. The highest BCUT2D eigenvalue weighted by molar-refractivity contribution is 7.13. The number of rotatable bonds is 5. The van der Waals surface area contributed by atoms with E-state index in [1.807, 2.05) is 47.8 Å². The van der Waals surface area contributed by atoms with Crippen LogP contribution < -0.4 is 5.32 Å². The molecular formula is C23H17N3O3S. The van der Waals surface area contributed by atoms with E-state index < -0.39 is 4.92 Å². The molecule has 0 bridgehead atoms. The zero-order chi connectivity index (χ0) is 21.1. The zero-order valence-corrected chi connectivity index (χ0v) is 16.8. The number of thiazole rings is 1. The fourth-order valence-corrected chi connectivity index (χ4v) is 3.94. The van der Waals surface area contributed by atoms with E-state index in [0.29, 0.717) is 11.3 Å². The third-order valence-electron chi connectivity index (χ3n) is 4.71. The van der Waals surface area contributed by atoms with E-state index in [1.54, 1.807) is 36.5 Å². The predicted molar refractivity (Wildman–Crippen MR) is 119 cm³/mol. The van der Waals surface area contributed by atoms with Gasteiger partial charge in [-0.3, -0.25) is 14.9 Å². The van der Waals surface area contributed by atoms with Crippen LogP contribution in [0.1, 0.15) is 15.9 Å². The molecule has 0 radical (unpaired) electrons. The van der Waals surface area contributed by atoms with Crippen LogP contribution in [0.2, 0.25) is 0 Å². The van der Waals surface area contributed by atoms with Crippen LogP contribution in [-0.4, -0.2) is 15.8 Å². The van der Waals surface area contributed by atoms with Crippen LogP contribution in [0.4, 0.5) is 11.4 Å². The third kappa shape index (κ3) is 3.97. The number of carbonyl (C=O) groups excluding carboxylic acids is 1. The third-order valence-corrected chi connectivity index (χ3v) is 5.60. The maximum Gasteiger partial charge on any atom is 0.273 e. The van der Waals surface area contributed by atoms with E-state index in [1.165, 1.54) is 12.1 Å². The number of amides is 1. The molecule has 1 heterocycles. The van der Waals surface area contributed by atoms with Gasteiger partial charge in [-0.05, 0) is 25.1 Å².